The molecule has 0 saturated heterocycles. The first kappa shape index (κ1) is 10.2. The Hall–Kier alpha value is -1.74. The van der Waals surface area contributed by atoms with Gasteiger partial charge in [-0.05, 0) is 23.8 Å². The standard InChI is InChI=1S/C15H9BrN2/c16-10-5-6-12-13(8-10)17-14-7-9-3-1-2-4-11(9)15(14)18-12/h1-6,8H,7H2. The first-order valence-corrected chi connectivity index (χ1v) is 6.65. The van der Waals surface area contributed by atoms with E-state index in [0.717, 1.165) is 33.3 Å². The van der Waals surface area contributed by atoms with Crippen LogP contribution in [-0.2, 0) is 6.42 Å². The fourth-order valence-electron chi connectivity index (χ4n) is 2.49. The molecule has 0 N–H and O–H groups in total. The number of fused-ring (bicyclic) bond motifs is 4. The van der Waals surface area contributed by atoms with Gasteiger partial charge in [0, 0.05) is 16.5 Å². The van der Waals surface area contributed by atoms with Gasteiger partial charge in [0.1, 0.15) is 0 Å². The summed E-state index contributed by atoms with van der Waals surface area (Å²) < 4.78 is 1.04. The Morgan fingerprint density at radius 2 is 1.83 bits per heavy atom. The third-order valence-electron chi connectivity index (χ3n) is 3.33. The molecular weight excluding hydrogens is 288 g/mol. The van der Waals surface area contributed by atoms with Crippen molar-refractivity contribution < 1.29 is 0 Å². The smallest absolute Gasteiger partial charge is 0.0931 e. The van der Waals surface area contributed by atoms with Gasteiger partial charge in [-0.15, -0.1) is 0 Å². The van der Waals surface area contributed by atoms with E-state index in [1.165, 1.54) is 11.1 Å². The van der Waals surface area contributed by atoms with Gasteiger partial charge in [0.25, 0.3) is 0 Å². The van der Waals surface area contributed by atoms with Crippen molar-refractivity contribution in [3.05, 3.63) is 58.2 Å². The van der Waals surface area contributed by atoms with E-state index in [2.05, 4.69) is 40.2 Å². The number of nitrogens with zero attached hydrogens (tertiary/aromatic N) is 2. The fourth-order valence-corrected chi connectivity index (χ4v) is 2.84. The normalized spacial score (nSPS) is 12.5. The van der Waals surface area contributed by atoms with Crippen LogP contribution in [0.25, 0.3) is 22.3 Å². The third kappa shape index (κ3) is 1.40. The van der Waals surface area contributed by atoms with E-state index in [0.29, 0.717) is 0 Å². The Morgan fingerprint density at radius 3 is 2.78 bits per heavy atom. The average Bonchev–Trinajstić information content (AvgIpc) is 2.73. The van der Waals surface area contributed by atoms with Crippen LogP contribution in [0.15, 0.2) is 46.9 Å². The van der Waals surface area contributed by atoms with Gasteiger partial charge in [-0.1, -0.05) is 40.2 Å². The summed E-state index contributed by atoms with van der Waals surface area (Å²) in [6.07, 6.45) is 0.890. The zero-order valence-corrected chi connectivity index (χ0v) is 11.1. The van der Waals surface area contributed by atoms with Crippen molar-refractivity contribution in [1.29, 1.82) is 0 Å². The van der Waals surface area contributed by atoms with Gasteiger partial charge in [0.15, 0.2) is 0 Å². The van der Waals surface area contributed by atoms with Crippen LogP contribution in [0.4, 0.5) is 0 Å². The quantitative estimate of drug-likeness (QED) is 0.491. The maximum absolute atomic E-state index is 4.75. The summed E-state index contributed by atoms with van der Waals surface area (Å²) in [7, 11) is 0. The number of hydrogen-bond donors (Lipinski definition) is 0. The molecule has 0 radical (unpaired) electrons. The predicted molar refractivity (Wildman–Crippen MR) is 75.5 cm³/mol. The predicted octanol–water partition coefficient (Wildman–Crippen LogP) is 3.96. The average molecular weight is 297 g/mol. The molecule has 0 spiro atoms. The lowest BCUT2D eigenvalue weighted by Crippen LogP contribution is -1.92. The van der Waals surface area contributed by atoms with Gasteiger partial charge in [-0.3, -0.25) is 0 Å². The lowest BCUT2D eigenvalue weighted by atomic mass is 10.1. The number of benzene rings is 2. The van der Waals surface area contributed by atoms with Crippen LogP contribution in [0.5, 0.6) is 0 Å². The molecule has 3 aromatic rings. The lowest BCUT2D eigenvalue weighted by Gasteiger charge is -2.02. The van der Waals surface area contributed by atoms with E-state index in [1.807, 2.05) is 18.2 Å². The van der Waals surface area contributed by atoms with Crippen LogP contribution in [0.1, 0.15) is 11.3 Å². The summed E-state index contributed by atoms with van der Waals surface area (Å²) >= 11 is 3.47. The summed E-state index contributed by atoms with van der Waals surface area (Å²) in [4.78, 5) is 9.49. The highest BCUT2D eigenvalue weighted by atomic mass is 79.9. The Labute approximate surface area is 113 Å². The minimum atomic E-state index is 0.890. The van der Waals surface area contributed by atoms with Crippen LogP contribution >= 0.6 is 15.9 Å². The molecule has 0 amide bonds. The molecule has 18 heavy (non-hydrogen) atoms. The second-order valence-corrected chi connectivity index (χ2v) is 5.40. The molecule has 4 rings (SSSR count). The molecule has 1 aliphatic carbocycles. The minimum absolute atomic E-state index is 0.890. The largest absolute Gasteiger partial charge is 0.249 e. The van der Waals surface area contributed by atoms with Crippen LogP contribution in [0.3, 0.4) is 0 Å². The molecule has 0 bridgehead atoms. The van der Waals surface area contributed by atoms with E-state index < -0.39 is 0 Å². The van der Waals surface area contributed by atoms with Crippen molar-refractivity contribution in [3.63, 3.8) is 0 Å². The molecule has 0 fully saturated rings. The van der Waals surface area contributed by atoms with E-state index >= 15 is 0 Å². The maximum Gasteiger partial charge on any atom is 0.0931 e. The summed E-state index contributed by atoms with van der Waals surface area (Å²) in [5, 5.41) is 0. The molecule has 1 aromatic heterocycles. The van der Waals surface area contributed by atoms with Gasteiger partial charge >= 0.3 is 0 Å². The summed E-state index contributed by atoms with van der Waals surface area (Å²) in [6.45, 7) is 0. The zero-order chi connectivity index (χ0) is 12.1. The molecule has 2 aromatic carbocycles. The molecule has 3 heteroatoms. The van der Waals surface area contributed by atoms with Gasteiger partial charge < -0.3 is 0 Å². The SMILES string of the molecule is Brc1ccc2nc3c(nc2c1)Cc1ccccc1-3. The van der Waals surface area contributed by atoms with Crippen molar-refractivity contribution >= 4 is 27.0 Å². The van der Waals surface area contributed by atoms with Crippen molar-refractivity contribution in [2.75, 3.05) is 0 Å². The molecular formula is C15H9BrN2. The first-order valence-electron chi connectivity index (χ1n) is 5.86. The Bertz CT molecular complexity index is 781. The molecule has 0 unspecified atom stereocenters. The Morgan fingerprint density at radius 1 is 0.944 bits per heavy atom. The first-order chi connectivity index (χ1) is 8.81. The van der Waals surface area contributed by atoms with Crippen LogP contribution in [-0.4, -0.2) is 9.97 Å². The van der Waals surface area contributed by atoms with Crippen LogP contribution in [0, 0.1) is 0 Å². The van der Waals surface area contributed by atoms with Crippen LogP contribution in [0.2, 0.25) is 0 Å². The second kappa shape index (κ2) is 3.62. The Kier molecular flexibility index (Phi) is 2.06. The summed E-state index contributed by atoms with van der Waals surface area (Å²) in [5.41, 5.74) is 6.58. The van der Waals surface area contributed by atoms with Crippen molar-refractivity contribution in [2.45, 2.75) is 6.42 Å². The summed E-state index contributed by atoms with van der Waals surface area (Å²) in [6, 6.07) is 14.4. The van der Waals surface area contributed by atoms with E-state index in [4.69, 9.17) is 9.97 Å². The monoisotopic (exact) mass is 296 g/mol. The van der Waals surface area contributed by atoms with Gasteiger partial charge in [-0.2, -0.15) is 0 Å². The zero-order valence-electron chi connectivity index (χ0n) is 9.52. The maximum atomic E-state index is 4.75. The minimum Gasteiger partial charge on any atom is -0.249 e. The number of rotatable bonds is 0. The highest BCUT2D eigenvalue weighted by molar-refractivity contribution is 9.10. The molecule has 0 saturated carbocycles. The van der Waals surface area contributed by atoms with Gasteiger partial charge in [0.2, 0.25) is 0 Å². The number of hydrogen-bond acceptors (Lipinski definition) is 2. The molecule has 2 nitrogen and oxygen atoms in total. The second-order valence-electron chi connectivity index (χ2n) is 4.49. The number of halogens is 1. The fraction of sp³-hybridized carbons (Fsp3) is 0.0667. The van der Waals surface area contributed by atoms with E-state index in [9.17, 15) is 0 Å². The topological polar surface area (TPSA) is 25.8 Å². The third-order valence-corrected chi connectivity index (χ3v) is 3.82. The molecule has 1 aliphatic rings. The highest BCUT2D eigenvalue weighted by Gasteiger charge is 2.21. The van der Waals surface area contributed by atoms with E-state index in [1.54, 1.807) is 0 Å². The molecule has 86 valence electrons. The van der Waals surface area contributed by atoms with Gasteiger partial charge in [0.05, 0.1) is 22.4 Å². The summed E-state index contributed by atoms with van der Waals surface area (Å²) in [5.74, 6) is 0. The molecule has 1 heterocycles. The Balaban J connectivity index is 2.04. The van der Waals surface area contributed by atoms with Crippen LogP contribution < -0.4 is 0 Å². The molecule has 0 atom stereocenters. The lowest BCUT2D eigenvalue weighted by molar-refractivity contribution is 1.13. The van der Waals surface area contributed by atoms with Crippen molar-refractivity contribution in [2.24, 2.45) is 0 Å². The van der Waals surface area contributed by atoms with Crippen molar-refractivity contribution in [1.82, 2.24) is 9.97 Å². The molecule has 0 aliphatic heterocycles. The van der Waals surface area contributed by atoms with Crippen molar-refractivity contribution in [3.8, 4) is 11.3 Å². The highest BCUT2D eigenvalue weighted by Crippen LogP contribution is 2.35. The van der Waals surface area contributed by atoms with E-state index in [-0.39, 0.29) is 0 Å². The van der Waals surface area contributed by atoms with Gasteiger partial charge in [-0.25, -0.2) is 9.97 Å². The number of aromatic nitrogens is 2.